The molecule has 0 saturated heterocycles. The van der Waals surface area contributed by atoms with Gasteiger partial charge in [-0.2, -0.15) is 13.8 Å². The maximum Gasteiger partial charge on any atom is 0.131 e. The maximum absolute atomic E-state index is 6.19. The van der Waals surface area contributed by atoms with Crippen LogP contribution in [-0.2, 0) is 5.88 Å². The van der Waals surface area contributed by atoms with Gasteiger partial charge in [0.05, 0.1) is 28.3 Å². The fourth-order valence-electron chi connectivity index (χ4n) is 1.59. The van der Waals surface area contributed by atoms with Crippen LogP contribution in [0.15, 0.2) is 24.4 Å². The Labute approximate surface area is 111 Å². The first-order valence-electron chi connectivity index (χ1n) is 4.81. The summed E-state index contributed by atoms with van der Waals surface area (Å²) in [7, 11) is 0. The average Bonchev–Trinajstić information content (AvgIpc) is 2.96. The third-order valence-electron chi connectivity index (χ3n) is 2.36. The Bertz CT molecular complexity index is 676. The van der Waals surface area contributed by atoms with Crippen molar-refractivity contribution in [1.82, 2.24) is 18.5 Å². The second-order valence-electron chi connectivity index (χ2n) is 3.41. The molecule has 0 bridgehead atoms. The van der Waals surface area contributed by atoms with Gasteiger partial charge < -0.3 is 0 Å². The van der Waals surface area contributed by atoms with Gasteiger partial charge >= 0.3 is 0 Å². The first-order chi connectivity index (χ1) is 8.29. The normalized spacial score (nSPS) is 11.2. The average molecular weight is 285 g/mol. The second kappa shape index (κ2) is 4.25. The van der Waals surface area contributed by atoms with Gasteiger partial charge in [-0.05, 0) is 18.2 Å². The molecule has 0 saturated carbocycles. The van der Waals surface area contributed by atoms with Crippen LogP contribution in [0.1, 0.15) is 5.69 Å². The van der Waals surface area contributed by atoms with E-state index in [0.29, 0.717) is 10.9 Å². The van der Waals surface area contributed by atoms with E-state index in [1.165, 1.54) is 0 Å². The van der Waals surface area contributed by atoms with E-state index in [2.05, 4.69) is 13.8 Å². The number of hydrogen-bond acceptors (Lipinski definition) is 4. The summed E-state index contributed by atoms with van der Waals surface area (Å²) in [6.07, 6.45) is 1.82. The van der Waals surface area contributed by atoms with Crippen LogP contribution in [0.4, 0.5) is 0 Å². The molecule has 4 nitrogen and oxygen atoms in total. The molecular formula is C10H6Cl2N4S. The summed E-state index contributed by atoms with van der Waals surface area (Å²) in [6.45, 7) is 0. The van der Waals surface area contributed by atoms with Gasteiger partial charge in [0.25, 0.3) is 0 Å². The number of fused-ring (bicyclic) bond motifs is 1. The van der Waals surface area contributed by atoms with E-state index < -0.39 is 0 Å². The highest BCUT2D eigenvalue weighted by molar-refractivity contribution is 7.00. The Hall–Kier alpha value is -1.17. The molecule has 0 atom stereocenters. The Kier molecular flexibility index (Phi) is 2.74. The number of benzene rings is 1. The van der Waals surface area contributed by atoms with Crippen LogP contribution < -0.4 is 0 Å². The van der Waals surface area contributed by atoms with Crippen molar-refractivity contribution in [2.24, 2.45) is 0 Å². The Balaban J connectivity index is 2.27. The summed E-state index contributed by atoms with van der Waals surface area (Å²) < 4.78 is 10.1. The molecule has 3 aromatic rings. The molecule has 0 aliphatic carbocycles. The van der Waals surface area contributed by atoms with Gasteiger partial charge in [-0.1, -0.05) is 11.6 Å². The van der Waals surface area contributed by atoms with Crippen molar-refractivity contribution in [1.29, 1.82) is 0 Å². The molecule has 2 heterocycles. The topological polar surface area (TPSA) is 43.6 Å². The lowest BCUT2D eigenvalue weighted by atomic mass is 10.2. The van der Waals surface area contributed by atoms with E-state index in [1.807, 2.05) is 18.3 Å². The predicted molar refractivity (Wildman–Crippen MR) is 69.1 cm³/mol. The predicted octanol–water partition coefficient (Wildman–Crippen LogP) is 3.27. The Morgan fingerprint density at radius 2 is 2.12 bits per heavy atom. The molecule has 0 spiro atoms. The zero-order valence-corrected chi connectivity index (χ0v) is 10.8. The summed E-state index contributed by atoms with van der Waals surface area (Å²) >= 11 is 13.1. The number of rotatable bonds is 2. The molecule has 86 valence electrons. The molecule has 0 fully saturated rings. The molecule has 0 unspecified atom stereocenters. The first kappa shape index (κ1) is 11.0. The quantitative estimate of drug-likeness (QED) is 0.679. The van der Waals surface area contributed by atoms with Crippen LogP contribution in [0.3, 0.4) is 0 Å². The standard InChI is InChI=1S/C10H6Cl2N4S/c11-5-6-3-4-16(13-6)10-7(12)1-2-8-9(10)15-17-14-8/h1-4H,5H2. The number of hydrogen-bond donors (Lipinski definition) is 0. The zero-order valence-electron chi connectivity index (χ0n) is 8.47. The van der Waals surface area contributed by atoms with Crippen LogP contribution in [0.2, 0.25) is 5.02 Å². The fourth-order valence-corrected chi connectivity index (χ4v) is 2.51. The van der Waals surface area contributed by atoms with Gasteiger partial charge in [0.15, 0.2) is 0 Å². The van der Waals surface area contributed by atoms with Crippen LogP contribution in [0.25, 0.3) is 16.7 Å². The molecule has 0 N–H and O–H groups in total. The fraction of sp³-hybridized carbons (Fsp3) is 0.100. The molecule has 0 amide bonds. The maximum atomic E-state index is 6.19. The molecule has 0 aliphatic heterocycles. The lowest BCUT2D eigenvalue weighted by molar-refractivity contribution is 0.864. The first-order valence-corrected chi connectivity index (χ1v) is 6.45. The van der Waals surface area contributed by atoms with Crippen molar-refractivity contribution in [3.05, 3.63) is 35.1 Å². The highest BCUT2D eigenvalue weighted by atomic mass is 35.5. The van der Waals surface area contributed by atoms with E-state index >= 15 is 0 Å². The molecule has 0 radical (unpaired) electrons. The van der Waals surface area contributed by atoms with Gasteiger partial charge in [-0.3, -0.25) is 0 Å². The van der Waals surface area contributed by atoms with E-state index in [-0.39, 0.29) is 0 Å². The largest absolute Gasteiger partial charge is 0.237 e. The number of alkyl halides is 1. The van der Waals surface area contributed by atoms with Gasteiger partial charge in [-0.25, -0.2) is 4.68 Å². The minimum absolute atomic E-state index is 0.371. The summed E-state index contributed by atoms with van der Waals surface area (Å²) in [6, 6.07) is 5.49. The molecule has 2 aromatic heterocycles. The summed E-state index contributed by atoms with van der Waals surface area (Å²) in [5.74, 6) is 0.371. The third-order valence-corrected chi connectivity index (χ3v) is 3.48. The number of halogens is 2. The van der Waals surface area contributed by atoms with E-state index in [4.69, 9.17) is 23.2 Å². The third kappa shape index (κ3) is 1.80. The monoisotopic (exact) mass is 284 g/mol. The number of aromatic nitrogens is 4. The van der Waals surface area contributed by atoms with Crippen molar-refractivity contribution in [2.75, 3.05) is 0 Å². The van der Waals surface area contributed by atoms with Crippen LogP contribution >= 0.6 is 34.9 Å². The van der Waals surface area contributed by atoms with Gasteiger partial charge in [-0.15, -0.1) is 11.6 Å². The van der Waals surface area contributed by atoms with Gasteiger partial charge in [0.2, 0.25) is 0 Å². The summed E-state index contributed by atoms with van der Waals surface area (Å²) in [5.41, 5.74) is 3.11. The smallest absolute Gasteiger partial charge is 0.131 e. The van der Waals surface area contributed by atoms with Crippen molar-refractivity contribution in [3.63, 3.8) is 0 Å². The number of nitrogens with zero attached hydrogens (tertiary/aromatic N) is 4. The van der Waals surface area contributed by atoms with Gasteiger partial charge in [0.1, 0.15) is 16.7 Å². The zero-order chi connectivity index (χ0) is 11.8. The van der Waals surface area contributed by atoms with E-state index in [9.17, 15) is 0 Å². The van der Waals surface area contributed by atoms with Crippen molar-refractivity contribution in [2.45, 2.75) is 5.88 Å². The van der Waals surface area contributed by atoms with E-state index in [0.717, 1.165) is 34.1 Å². The lowest BCUT2D eigenvalue weighted by Gasteiger charge is -2.04. The van der Waals surface area contributed by atoms with Crippen molar-refractivity contribution < 1.29 is 0 Å². The summed E-state index contributed by atoms with van der Waals surface area (Å²) in [5, 5.41) is 4.92. The molecule has 3 rings (SSSR count). The molecule has 7 heteroatoms. The second-order valence-corrected chi connectivity index (χ2v) is 4.62. The molecule has 0 aliphatic rings. The van der Waals surface area contributed by atoms with E-state index in [1.54, 1.807) is 10.7 Å². The van der Waals surface area contributed by atoms with Crippen LogP contribution in [-0.4, -0.2) is 18.5 Å². The molecular weight excluding hydrogens is 279 g/mol. The SMILES string of the molecule is ClCc1ccn(-c2c(Cl)ccc3nsnc23)n1. The van der Waals surface area contributed by atoms with Gasteiger partial charge in [0, 0.05) is 6.20 Å². The lowest BCUT2D eigenvalue weighted by Crippen LogP contribution is -1.98. The highest BCUT2D eigenvalue weighted by Crippen LogP contribution is 2.28. The minimum atomic E-state index is 0.371. The highest BCUT2D eigenvalue weighted by Gasteiger charge is 2.12. The van der Waals surface area contributed by atoms with Crippen LogP contribution in [0, 0.1) is 0 Å². The summed E-state index contributed by atoms with van der Waals surface area (Å²) in [4.78, 5) is 0. The molecule has 17 heavy (non-hydrogen) atoms. The van der Waals surface area contributed by atoms with Crippen molar-refractivity contribution >= 4 is 46.0 Å². The Morgan fingerprint density at radius 3 is 2.88 bits per heavy atom. The molecule has 1 aromatic carbocycles. The van der Waals surface area contributed by atoms with Crippen LogP contribution in [0.5, 0.6) is 0 Å². The Morgan fingerprint density at radius 1 is 1.24 bits per heavy atom. The van der Waals surface area contributed by atoms with Crippen molar-refractivity contribution in [3.8, 4) is 5.69 Å². The minimum Gasteiger partial charge on any atom is -0.237 e.